The number of rotatable bonds is 64. The molecule has 0 radical (unpaired) electrons. The number of carbonyl (C=O) groups excluding carboxylic acids is 3. The van der Waals surface area contributed by atoms with Gasteiger partial charge >= 0.3 is 33.6 Å². The molecule has 5 atom stereocenters. The lowest BCUT2D eigenvalue weighted by molar-refractivity contribution is -0.161. The average molecular weight is 1320 g/mol. The van der Waals surface area contributed by atoms with Crippen LogP contribution in [0.2, 0.25) is 0 Å². The SMILES string of the molecule is CC/C=C\C/C=C\C/C=C\C/C=C\C/C=C\CCCCCCCCCCCC(=O)OCC(O)COP(=O)(O)OCC(O)COP(=O)(O)OCC(COC(=O)CCCCC/C=C\C/C=C\C/C=C\C/C=C\C/C=C\CC)OC(=O)CCCCCCC/C=C\CCCC. The standard InChI is InChI=1S/C73H122O16P2/c1-4-7-10-13-16-19-22-24-26-28-30-31-32-33-34-35-37-39-40-42-45-47-50-53-56-59-71(76)83-62-68(74)63-85-90(79,80)86-64-69(75)65-87-91(81,82)88-67-70(89-73(78)61-58-55-52-49-44-21-18-15-12-9-6-3)66-84-72(77)60-57-54-51-48-46-43-41-38-36-29-27-25-23-20-17-14-11-8-5-2/h7-8,10-11,15-20,24-27,30-31,33-34,36,38,43,46,68-70,74-75H,4-6,9,12-14,21-23,28-29,32,35,37,39-42,44-45,47-67H2,1-3H3,(H,79,80)(H,81,82)/b10-7-,11-8-,18-15-,19-16-,20-17-,26-24-,27-25-,31-30-,34-33-,38-36-,46-43-. The molecule has 0 saturated heterocycles. The molecule has 0 aromatic heterocycles. The highest BCUT2D eigenvalue weighted by Crippen LogP contribution is 2.45. The molecule has 0 spiro atoms. The van der Waals surface area contributed by atoms with Crippen LogP contribution in [0.5, 0.6) is 0 Å². The quantitative estimate of drug-likeness (QED) is 0.0146. The lowest BCUT2D eigenvalue weighted by Crippen LogP contribution is -2.30. The van der Waals surface area contributed by atoms with Gasteiger partial charge in [-0.15, -0.1) is 0 Å². The van der Waals surface area contributed by atoms with E-state index in [0.717, 1.165) is 154 Å². The molecule has 0 aliphatic carbocycles. The van der Waals surface area contributed by atoms with Gasteiger partial charge in [-0.05, 0) is 128 Å². The molecule has 91 heavy (non-hydrogen) atoms. The van der Waals surface area contributed by atoms with E-state index in [1.165, 1.54) is 38.5 Å². The van der Waals surface area contributed by atoms with Gasteiger partial charge in [-0.3, -0.25) is 32.5 Å². The Bertz CT molecular complexity index is 2190. The molecule has 0 rings (SSSR count). The number of hydrogen-bond acceptors (Lipinski definition) is 14. The van der Waals surface area contributed by atoms with Crippen LogP contribution in [0, 0.1) is 0 Å². The Kier molecular flexibility index (Phi) is 62.6. The van der Waals surface area contributed by atoms with Gasteiger partial charge in [0.1, 0.15) is 25.4 Å². The number of ether oxygens (including phenoxy) is 3. The van der Waals surface area contributed by atoms with Crippen molar-refractivity contribution in [2.24, 2.45) is 0 Å². The van der Waals surface area contributed by atoms with Crippen LogP contribution in [0.15, 0.2) is 134 Å². The van der Waals surface area contributed by atoms with Crippen LogP contribution >= 0.6 is 15.6 Å². The summed E-state index contributed by atoms with van der Waals surface area (Å²) >= 11 is 0. The van der Waals surface area contributed by atoms with Gasteiger partial charge in [0, 0.05) is 19.3 Å². The van der Waals surface area contributed by atoms with E-state index in [1.807, 2.05) is 0 Å². The van der Waals surface area contributed by atoms with Crippen molar-refractivity contribution >= 4 is 33.6 Å². The zero-order valence-corrected chi connectivity index (χ0v) is 58.0. The van der Waals surface area contributed by atoms with E-state index >= 15 is 0 Å². The Hall–Kier alpha value is -4.31. The van der Waals surface area contributed by atoms with E-state index in [-0.39, 0.29) is 19.3 Å². The summed E-state index contributed by atoms with van der Waals surface area (Å²) in [7, 11) is -9.79. The minimum atomic E-state index is -4.93. The predicted octanol–water partition coefficient (Wildman–Crippen LogP) is 19.2. The third kappa shape index (κ3) is 66.9. The van der Waals surface area contributed by atoms with Crippen molar-refractivity contribution < 1.29 is 75.8 Å². The molecular formula is C73H122O16P2. The number of hydrogen-bond donors (Lipinski definition) is 4. The maximum absolute atomic E-state index is 12.9. The molecule has 0 aliphatic heterocycles. The third-order valence-electron chi connectivity index (χ3n) is 13.8. The summed E-state index contributed by atoms with van der Waals surface area (Å²) < 4.78 is 60.8. The second-order valence-electron chi connectivity index (χ2n) is 22.6. The van der Waals surface area contributed by atoms with Crippen LogP contribution in [0.25, 0.3) is 0 Å². The highest BCUT2D eigenvalue weighted by molar-refractivity contribution is 7.47. The first-order chi connectivity index (χ1) is 44.2. The van der Waals surface area contributed by atoms with Gasteiger partial charge in [0.25, 0.3) is 0 Å². The van der Waals surface area contributed by atoms with Gasteiger partial charge in [-0.25, -0.2) is 9.13 Å². The monoisotopic (exact) mass is 1320 g/mol. The summed E-state index contributed by atoms with van der Waals surface area (Å²) in [4.78, 5) is 58.3. The van der Waals surface area contributed by atoms with Gasteiger partial charge in [0.05, 0.1) is 26.4 Å². The zero-order valence-electron chi connectivity index (χ0n) is 56.2. The molecule has 0 heterocycles. The maximum Gasteiger partial charge on any atom is 0.472 e. The highest BCUT2D eigenvalue weighted by Gasteiger charge is 2.29. The Balaban J connectivity index is 4.56. The van der Waals surface area contributed by atoms with Crippen molar-refractivity contribution in [2.75, 3.05) is 39.6 Å². The molecule has 0 saturated carbocycles. The lowest BCUT2D eigenvalue weighted by atomic mass is 10.1. The van der Waals surface area contributed by atoms with Crippen LogP contribution in [-0.2, 0) is 55.8 Å². The van der Waals surface area contributed by atoms with Crippen LogP contribution in [0.4, 0.5) is 0 Å². The smallest absolute Gasteiger partial charge is 0.463 e. The Morgan fingerprint density at radius 2 is 0.582 bits per heavy atom. The minimum Gasteiger partial charge on any atom is -0.463 e. The summed E-state index contributed by atoms with van der Waals surface area (Å²) in [5, 5.41) is 20.5. The third-order valence-corrected chi connectivity index (χ3v) is 15.7. The van der Waals surface area contributed by atoms with Crippen molar-refractivity contribution in [2.45, 2.75) is 270 Å². The van der Waals surface area contributed by atoms with Crippen molar-refractivity contribution in [1.82, 2.24) is 0 Å². The van der Waals surface area contributed by atoms with Gasteiger partial charge in [0.15, 0.2) is 6.10 Å². The van der Waals surface area contributed by atoms with Gasteiger partial charge < -0.3 is 34.2 Å². The van der Waals surface area contributed by atoms with Crippen molar-refractivity contribution in [1.29, 1.82) is 0 Å². The zero-order chi connectivity index (χ0) is 66.7. The average Bonchev–Trinajstić information content (AvgIpc) is 3.54. The van der Waals surface area contributed by atoms with Crippen molar-refractivity contribution in [3.8, 4) is 0 Å². The molecule has 0 fully saturated rings. The molecule has 5 unspecified atom stereocenters. The number of carbonyl (C=O) groups is 3. The highest BCUT2D eigenvalue weighted by atomic mass is 31.2. The number of aliphatic hydroxyl groups excluding tert-OH is 2. The summed E-state index contributed by atoms with van der Waals surface area (Å²) in [5.74, 6) is -1.64. The second-order valence-corrected chi connectivity index (χ2v) is 25.5. The predicted molar refractivity (Wildman–Crippen MR) is 371 cm³/mol. The number of unbranched alkanes of at least 4 members (excludes halogenated alkanes) is 19. The van der Waals surface area contributed by atoms with Crippen molar-refractivity contribution in [3.63, 3.8) is 0 Å². The van der Waals surface area contributed by atoms with Gasteiger partial charge in [-0.2, -0.15) is 0 Å². The van der Waals surface area contributed by atoms with Crippen LogP contribution < -0.4 is 0 Å². The van der Waals surface area contributed by atoms with E-state index in [0.29, 0.717) is 19.3 Å². The number of esters is 3. The second kappa shape index (κ2) is 65.7. The van der Waals surface area contributed by atoms with E-state index in [1.54, 1.807) is 0 Å². The number of phosphoric acid groups is 2. The molecule has 0 aromatic carbocycles. The Morgan fingerprint density at radius 3 is 0.945 bits per heavy atom. The van der Waals surface area contributed by atoms with Crippen LogP contribution in [-0.4, -0.2) is 95.9 Å². The van der Waals surface area contributed by atoms with Crippen molar-refractivity contribution in [3.05, 3.63) is 134 Å². The van der Waals surface area contributed by atoms with E-state index in [2.05, 4.69) is 154 Å². The van der Waals surface area contributed by atoms with Gasteiger partial charge in [0.2, 0.25) is 0 Å². The number of allylic oxidation sites excluding steroid dienone is 22. The first-order valence-electron chi connectivity index (χ1n) is 34.5. The fraction of sp³-hybridized carbons (Fsp3) is 0.658. The summed E-state index contributed by atoms with van der Waals surface area (Å²) in [6.07, 6.45) is 76.6. The van der Waals surface area contributed by atoms with Crippen LogP contribution in [0.3, 0.4) is 0 Å². The first kappa shape index (κ1) is 86.7. The largest absolute Gasteiger partial charge is 0.472 e. The van der Waals surface area contributed by atoms with Crippen LogP contribution in [0.1, 0.15) is 252 Å². The fourth-order valence-corrected chi connectivity index (χ4v) is 10.2. The van der Waals surface area contributed by atoms with E-state index in [9.17, 15) is 43.5 Å². The summed E-state index contributed by atoms with van der Waals surface area (Å²) in [6.45, 7) is 2.32. The first-order valence-corrected chi connectivity index (χ1v) is 37.5. The Labute approximate surface area is 550 Å². The fourth-order valence-electron chi connectivity index (χ4n) is 8.60. The lowest BCUT2D eigenvalue weighted by Gasteiger charge is -2.21. The summed E-state index contributed by atoms with van der Waals surface area (Å²) in [6, 6.07) is 0. The minimum absolute atomic E-state index is 0.0829. The molecule has 0 aromatic rings. The van der Waals surface area contributed by atoms with E-state index in [4.69, 9.17) is 32.3 Å². The Morgan fingerprint density at radius 1 is 0.319 bits per heavy atom. The van der Waals surface area contributed by atoms with Gasteiger partial charge in [-0.1, -0.05) is 238 Å². The number of aliphatic hydroxyl groups is 2. The number of phosphoric ester groups is 2. The molecule has 18 heteroatoms. The topological polar surface area (TPSA) is 231 Å². The molecular weight excluding hydrogens is 1190 g/mol. The normalized spacial score (nSPS) is 15.0. The summed E-state index contributed by atoms with van der Waals surface area (Å²) in [5.41, 5.74) is 0. The molecule has 4 N–H and O–H groups in total. The molecule has 0 aliphatic rings. The maximum atomic E-state index is 12.9. The molecule has 16 nitrogen and oxygen atoms in total. The molecule has 0 amide bonds. The molecule has 0 bridgehead atoms. The van der Waals surface area contributed by atoms with E-state index < -0.39 is 91.5 Å². The molecule has 520 valence electrons.